The van der Waals surface area contributed by atoms with E-state index >= 15 is 0 Å². The van der Waals surface area contributed by atoms with Crippen LogP contribution in [-0.4, -0.2) is 66.0 Å². The molecule has 0 spiro atoms. The van der Waals surface area contributed by atoms with E-state index in [0.717, 1.165) is 47.8 Å². The Morgan fingerprint density at radius 3 is 2.79 bits per heavy atom. The first-order valence-corrected chi connectivity index (χ1v) is 12.3. The summed E-state index contributed by atoms with van der Waals surface area (Å²) in [6.45, 7) is 3.73. The van der Waals surface area contributed by atoms with Gasteiger partial charge in [0, 0.05) is 62.2 Å². The summed E-state index contributed by atoms with van der Waals surface area (Å²) >= 11 is 1.40. The summed E-state index contributed by atoms with van der Waals surface area (Å²) in [5.74, 6) is -2.81. The fourth-order valence-corrected chi connectivity index (χ4v) is 5.75. The number of carbonyl (C=O) groups is 1. The number of carbonyl (C=O) groups excluding carboxylic acids is 1. The number of halogens is 2. The third-order valence-electron chi connectivity index (χ3n) is 6.76. The van der Waals surface area contributed by atoms with Crippen molar-refractivity contribution in [1.29, 1.82) is 0 Å². The van der Waals surface area contributed by atoms with E-state index in [0.29, 0.717) is 17.7 Å². The highest BCUT2D eigenvalue weighted by atomic mass is 32.1. The molecular weight excluding hydrogens is 444 g/mol. The Morgan fingerprint density at radius 1 is 1.27 bits per heavy atom. The molecule has 5 rings (SSSR count). The van der Waals surface area contributed by atoms with Gasteiger partial charge < -0.3 is 20.1 Å². The second-order valence-electron chi connectivity index (χ2n) is 9.40. The van der Waals surface area contributed by atoms with E-state index in [1.54, 1.807) is 6.20 Å². The lowest BCUT2D eigenvalue weighted by atomic mass is 9.76. The molecule has 2 aromatic heterocycles. The number of likely N-dealkylation sites (N-methyl/N-ethyl adjacent to an activating group) is 1. The van der Waals surface area contributed by atoms with E-state index in [4.69, 9.17) is 0 Å². The first-order valence-electron chi connectivity index (χ1n) is 11.5. The van der Waals surface area contributed by atoms with Crippen molar-refractivity contribution in [2.45, 2.75) is 37.6 Å². The van der Waals surface area contributed by atoms with Gasteiger partial charge in [0.1, 0.15) is 4.88 Å². The Morgan fingerprint density at radius 2 is 2.03 bits per heavy atom. The van der Waals surface area contributed by atoms with Crippen LogP contribution in [0.5, 0.6) is 0 Å². The molecule has 176 valence electrons. The van der Waals surface area contributed by atoms with Crippen molar-refractivity contribution in [2.75, 3.05) is 38.1 Å². The van der Waals surface area contributed by atoms with E-state index in [9.17, 15) is 13.6 Å². The number of aromatic amines is 1. The molecule has 1 aliphatic heterocycles. The minimum Gasteiger partial charge on any atom is -0.361 e. The molecule has 1 unspecified atom stereocenters. The number of para-hydroxylation sites is 1. The number of anilines is 1. The van der Waals surface area contributed by atoms with Gasteiger partial charge in [-0.1, -0.05) is 29.5 Å². The monoisotopic (exact) mass is 473 g/mol. The number of piperazine rings is 1. The van der Waals surface area contributed by atoms with Crippen molar-refractivity contribution in [3.63, 3.8) is 0 Å². The number of benzene rings is 1. The molecule has 0 radical (unpaired) electrons. The van der Waals surface area contributed by atoms with Gasteiger partial charge >= 0.3 is 0 Å². The number of aromatic nitrogens is 2. The van der Waals surface area contributed by atoms with Gasteiger partial charge in [0.2, 0.25) is 5.92 Å². The number of alkyl halides is 2. The zero-order chi connectivity index (χ0) is 23.0. The number of rotatable bonds is 7. The maximum atomic E-state index is 13.4. The van der Waals surface area contributed by atoms with Crippen LogP contribution < -0.4 is 10.2 Å². The summed E-state index contributed by atoms with van der Waals surface area (Å²) in [6, 6.07) is 7.79. The van der Waals surface area contributed by atoms with Crippen LogP contribution in [0.4, 0.5) is 13.9 Å². The maximum Gasteiger partial charge on any atom is 0.263 e. The first kappa shape index (κ1) is 22.3. The molecule has 3 aromatic rings. The highest BCUT2D eigenvalue weighted by molar-refractivity contribution is 7.17. The Kier molecular flexibility index (Phi) is 6.09. The number of nitrogens with one attached hydrogen (secondary N) is 2. The standard InChI is InChI=1S/C24H29F2N5OS/c1-30-6-8-31(9-7-30)23-28-15-21(33-23)22(32)29-18(10-16-12-24(25,26)13-16)11-17-14-27-20-5-3-2-4-19(17)20/h2-5,14-16,18,27H,6-13H2,1H3,(H,29,32). The van der Waals surface area contributed by atoms with Crippen LogP contribution in [0.15, 0.2) is 36.7 Å². The molecule has 33 heavy (non-hydrogen) atoms. The molecule has 2 aliphatic rings. The summed E-state index contributed by atoms with van der Waals surface area (Å²) in [6.07, 6.45) is 4.54. The molecule has 9 heteroatoms. The highest BCUT2D eigenvalue weighted by Crippen LogP contribution is 2.44. The van der Waals surface area contributed by atoms with E-state index in [1.807, 2.05) is 30.5 Å². The van der Waals surface area contributed by atoms with Crippen molar-refractivity contribution in [3.05, 3.63) is 47.1 Å². The van der Waals surface area contributed by atoms with Crippen molar-refractivity contribution >= 4 is 33.3 Å². The predicted molar refractivity (Wildman–Crippen MR) is 127 cm³/mol. The largest absolute Gasteiger partial charge is 0.361 e. The molecule has 1 atom stereocenters. The van der Waals surface area contributed by atoms with Crippen molar-refractivity contribution < 1.29 is 13.6 Å². The quantitative estimate of drug-likeness (QED) is 0.541. The number of fused-ring (bicyclic) bond motifs is 1. The van der Waals surface area contributed by atoms with Crippen LogP contribution >= 0.6 is 11.3 Å². The molecule has 0 bridgehead atoms. The molecule has 2 fully saturated rings. The summed E-state index contributed by atoms with van der Waals surface area (Å²) in [7, 11) is 2.10. The third-order valence-corrected chi connectivity index (χ3v) is 7.82. The first-order chi connectivity index (χ1) is 15.9. The number of hydrogen-bond acceptors (Lipinski definition) is 5. The molecule has 1 aliphatic carbocycles. The SMILES string of the molecule is CN1CCN(c2ncc(C(=O)NC(Cc3c[nH]c4ccccc34)CC3CC(F)(F)C3)s2)CC1. The predicted octanol–water partition coefficient (Wildman–Crippen LogP) is 4.15. The normalized spacial score (nSPS) is 20.0. The number of nitrogens with zero attached hydrogens (tertiary/aromatic N) is 3. The molecule has 2 N–H and O–H groups in total. The highest BCUT2D eigenvalue weighted by Gasteiger charge is 2.45. The van der Waals surface area contributed by atoms with Crippen molar-refractivity contribution in [1.82, 2.24) is 20.2 Å². The molecule has 1 saturated heterocycles. The molecule has 1 saturated carbocycles. The Bertz CT molecular complexity index is 1110. The molecule has 1 amide bonds. The summed E-state index contributed by atoms with van der Waals surface area (Å²) < 4.78 is 26.9. The summed E-state index contributed by atoms with van der Waals surface area (Å²) in [4.78, 5) is 25.9. The van der Waals surface area contributed by atoms with Crippen LogP contribution in [-0.2, 0) is 6.42 Å². The second kappa shape index (κ2) is 9.02. The van der Waals surface area contributed by atoms with Gasteiger partial charge in [0.05, 0.1) is 6.20 Å². The van der Waals surface area contributed by atoms with Gasteiger partial charge in [-0.05, 0) is 37.4 Å². The minimum absolute atomic E-state index is 0.0714. The van der Waals surface area contributed by atoms with Gasteiger partial charge in [-0.15, -0.1) is 0 Å². The van der Waals surface area contributed by atoms with Gasteiger partial charge in [-0.2, -0.15) is 0 Å². The number of amides is 1. The van der Waals surface area contributed by atoms with Crippen LogP contribution in [0.1, 0.15) is 34.5 Å². The smallest absolute Gasteiger partial charge is 0.263 e. The summed E-state index contributed by atoms with van der Waals surface area (Å²) in [5.41, 5.74) is 2.12. The third kappa shape index (κ3) is 5.04. The fourth-order valence-electron chi connectivity index (χ4n) is 4.88. The fraction of sp³-hybridized carbons (Fsp3) is 0.500. The molecular formula is C24H29F2N5OS. The molecule has 6 nitrogen and oxygen atoms in total. The maximum absolute atomic E-state index is 13.4. The number of hydrogen-bond donors (Lipinski definition) is 2. The van der Waals surface area contributed by atoms with Gasteiger partial charge in [0.25, 0.3) is 5.91 Å². The van der Waals surface area contributed by atoms with Crippen molar-refractivity contribution in [2.24, 2.45) is 5.92 Å². The number of thiazole rings is 1. The Hall–Kier alpha value is -2.52. The minimum atomic E-state index is -2.56. The average Bonchev–Trinajstić information content (AvgIpc) is 3.41. The van der Waals surface area contributed by atoms with E-state index in [2.05, 4.69) is 32.1 Å². The zero-order valence-electron chi connectivity index (χ0n) is 18.7. The lowest BCUT2D eigenvalue weighted by Crippen LogP contribution is -2.44. The lowest BCUT2D eigenvalue weighted by Gasteiger charge is -2.37. The number of H-pyrrole nitrogens is 1. The zero-order valence-corrected chi connectivity index (χ0v) is 19.5. The van der Waals surface area contributed by atoms with E-state index in [-0.39, 0.29) is 30.7 Å². The second-order valence-corrected chi connectivity index (χ2v) is 10.4. The Balaban J connectivity index is 1.28. The van der Waals surface area contributed by atoms with Gasteiger partial charge in [-0.25, -0.2) is 13.8 Å². The molecule has 3 heterocycles. The Labute approximate surface area is 196 Å². The average molecular weight is 474 g/mol. The topological polar surface area (TPSA) is 64.3 Å². The summed E-state index contributed by atoms with van der Waals surface area (Å²) in [5, 5.41) is 5.10. The van der Waals surface area contributed by atoms with E-state index in [1.165, 1.54) is 11.3 Å². The van der Waals surface area contributed by atoms with E-state index < -0.39 is 5.92 Å². The lowest BCUT2D eigenvalue weighted by molar-refractivity contribution is -0.113. The van der Waals surface area contributed by atoms with Crippen LogP contribution in [0.3, 0.4) is 0 Å². The van der Waals surface area contributed by atoms with Crippen LogP contribution in [0.25, 0.3) is 10.9 Å². The van der Waals surface area contributed by atoms with Crippen molar-refractivity contribution in [3.8, 4) is 0 Å². The molecule has 1 aromatic carbocycles. The van der Waals surface area contributed by atoms with Crippen LogP contribution in [0.2, 0.25) is 0 Å². The van der Waals surface area contributed by atoms with Gasteiger partial charge in [-0.3, -0.25) is 4.79 Å². The van der Waals surface area contributed by atoms with Crippen LogP contribution in [0, 0.1) is 5.92 Å². The van der Waals surface area contributed by atoms with Gasteiger partial charge in [0.15, 0.2) is 5.13 Å².